The van der Waals surface area contributed by atoms with E-state index in [9.17, 15) is 0 Å². The van der Waals surface area contributed by atoms with Gasteiger partial charge in [0.05, 0.1) is 0 Å². The summed E-state index contributed by atoms with van der Waals surface area (Å²) in [6, 6.07) is 8.39. The van der Waals surface area contributed by atoms with Crippen LogP contribution in [0.3, 0.4) is 0 Å². The lowest BCUT2D eigenvalue weighted by molar-refractivity contribution is 0.318. The van der Waals surface area contributed by atoms with Crippen molar-refractivity contribution in [2.45, 2.75) is 6.92 Å². The van der Waals surface area contributed by atoms with Gasteiger partial charge in [0.2, 0.25) is 0 Å². The number of rotatable bonds is 4. The van der Waals surface area contributed by atoms with Gasteiger partial charge in [-0.2, -0.15) is 0 Å². The molecule has 0 N–H and O–H groups in total. The van der Waals surface area contributed by atoms with Crippen molar-refractivity contribution >= 4 is 34.2 Å². The van der Waals surface area contributed by atoms with Gasteiger partial charge in [-0.1, -0.05) is 29.0 Å². The van der Waals surface area contributed by atoms with Crippen LogP contribution in [0.25, 0.3) is 6.08 Å². The average Bonchev–Trinajstić information content (AvgIpc) is 2.45. The Morgan fingerprint density at radius 2 is 1.81 bits per heavy atom. The van der Waals surface area contributed by atoms with Crippen LogP contribution in [0.15, 0.2) is 65.0 Å². The minimum atomic E-state index is 0.834. The summed E-state index contributed by atoms with van der Waals surface area (Å²) in [7, 11) is 5.46. The van der Waals surface area contributed by atoms with E-state index in [1.165, 1.54) is 16.5 Å². The molecule has 0 amide bonds. The normalized spacial score (nSPS) is 16.7. The number of benzene rings is 1. The first kappa shape index (κ1) is 15.9. The smallest absolute Gasteiger partial charge is 0.127 e. The third-order valence-electron chi connectivity index (χ3n) is 3.00. The Kier molecular flexibility index (Phi) is 5.65. The van der Waals surface area contributed by atoms with Crippen molar-refractivity contribution in [3.63, 3.8) is 0 Å². The van der Waals surface area contributed by atoms with Gasteiger partial charge in [0, 0.05) is 19.8 Å². The minimum Gasteiger partial charge on any atom is -0.462 e. The molecule has 1 aromatic rings. The molecule has 0 saturated carbocycles. The molecule has 110 valence electrons. The SMILES string of the molecule is CC1=CC(=CSS)C=C(C=Cc2ccc(N(C)C)cc2)O1. The lowest BCUT2D eigenvalue weighted by atomic mass is 10.1. The predicted molar refractivity (Wildman–Crippen MR) is 97.4 cm³/mol. The molecule has 0 bridgehead atoms. The van der Waals surface area contributed by atoms with E-state index in [4.69, 9.17) is 4.74 Å². The molecule has 0 spiro atoms. The van der Waals surface area contributed by atoms with Crippen LogP contribution < -0.4 is 4.90 Å². The first-order valence-electron chi connectivity index (χ1n) is 6.62. The molecule has 4 heteroatoms. The molecule has 0 unspecified atom stereocenters. The zero-order valence-electron chi connectivity index (χ0n) is 12.4. The Hall–Kier alpha value is -1.52. The number of ether oxygens (including phenoxy) is 1. The van der Waals surface area contributed by atoms with Crippen molar-refractivity contribution in [3.05, 3.63) is 70.6 Å². The van der Waals surface area contributed by atoms with Gasteiger partial charge in [-0.25, -0.2) is 0 Å². The van der Waals surface area contributed by atoms with E-state index in [-0.39, 0.29) is 0 Å². The molecule has 1 aliphatic rings. The van der Waals surface area contributed by atoms with Gasteiger partial charge in [-0.05, 0) is 53.8 Å². The summed E-state index contributed by atoms with van der Waals surface area (Å²) < 4.78 is 5.70. The quantitative estimate of drug-likeness (QED) is 0.617. The predicted octanol–water partition coefficient (Wildman–Crippen LogP) is 5.05. The second-order valence-electron chi connectivity index (χ2n) is 4.95. The van der Waals surface area contributed by atoms with Crippen LogP contribution in [0.4, 0.5) is 5.69 Å². The van der Waals surface area contributed by atoms with Crippen LogP contribution in [0, 0.1) is 0 Å². The molecule has 21 heavy (non-hydrogen) atoms. The lowest BCUT2D eigenvalue weighted by Crippen LogP contribution is -2.07. The molecule has 0 saturated heterocycles. The van der Waals surface area contributed by atoms with Crippen molar-refractivity contribution < 1.29 is 4.74 Å². The third-order valence-corrected chi connectivity index (χ3v) is 3.69. The van der Waals surface area contributed by atoms with E-state index in [0.717, 1.165) is 22.7 Å². The molecule has 0 aliphatic carbocycles. The Morgan fingerprint density at radius 1 is 1.10 bits per heavy atom. The first-order valence-corrected chi connectivity index (χ1v) is 8.55. The highest BCUT2D eigenvalue weighted by Gasteiger charge is 2.05. The molecular formula is C17H19NOS2. The number of anilines is 1. The third kappa shape index (κ3) is 4.76. The Labute approximate surface area is 135 Å². The van der Waals surface area contributed by atoms with Gasteiger partial charge in [0.15, 0.2) is 0 Å². The van der Waals surface area contributed by atoms with Crippen LogP contribution in [0.5, 0.6) is 0 Å². The lowest BCUT2D eigenvalue weighted by Gasteiger charge is -2.13. The van der Waals surface area contributed by atoms with E-state index in [0.29, 0.717) is 0 Å². The van der Waals surface area contributed by atoms with Crippen molar-refractivity contribution in [1.82, 2.24) is 0 Å². The molecule has 0 atom stereocenters. The fraction of sp³-hybridized carbons (Fsp3) is 0.176. The van der Waals surface area contributed by atoms with Crippen LogP contribution >= 0.6 is 22.5 Å². The summed E-state index contributed by atoms with van der Waals surface area (Å²) in [6.45, 7) is 1.95. The van der Waals surface area contributed by atoms with Crippen molar-refractivity contribution in [2.24, 2.45) is 0 Å². The fourth-order valence-electron chi connectivity index (χ4n) is 1.96. The topological polar surface area (TPSA) is 12.5 Å². The standard InChI is InChI=1S/C17H19NOS2/c1-13-10-15(12-21-20)11-17(19-13)9-6-14-4-7-16(8-5-14)18(2)3/h4-12,20H,1-3H3. The maximum atomic E-state index is 5.70. The number of allylic oxidation sites excluding steroid dienone is 5. The molecule has 2 nitrogen and oxygen atoms in total. The molecule has 2 rings (SSSR count). The first-order chi connectivity index (χ1) is 10.1. The van der Waals surface area contributed by atoms with Gasteiger partial charge in [-0.15, -0.1) is 11.7 Å². The highest BCUT2D eigenvalue weighted by atomic mass is 33.1. The monoisotopic (exact) mass is 317 g/mol. The summed E-state index contributed by atoms with van der Waals surface area (Å²) in [4.78, 5) is 2.08. The maximum absolute atomic E-state index is 5.70. The highest BCUT2D eigenvalue weighted by Crippen LogP contribution is 2.23. The fourth-order valence-corrected chi connectivity index (χ4v) is 2.58. The molecular weight excluding hydrogens is 298 g/mol. The Bertz CT molecular complexity index is 610. The Morgan fingerprint density at radius 3 is 2.43 bits per heavy atom. The second-order valence-corrected chi connectivity index (χ2v) is 6.03. The van der Waals surface area contributed by atoms with Crippen LogP contribution in [-0.4, -0.2) is 14.1 Å². The zero-order chi connectivity index (χ0) is 15.2. The van der Waals surface area contributed by atoms with Crippen LogP contribution in [-0.2, 0) is 4.74 Å². The van der Waals surface area contributed by atoms with Gasteiger partial charge in [0.25, 0.3) is 0 Å². The second kappa shape index (κ2) is 7.48. The van der Waals surface area contributed by atoms with Crippen molar-refractivity contribution in [1.29, 1.82) is 0 Å². The van der Waals surface area contributed by atoms with E-state index in [2.05, 4.69) is 46.9 Å². The summed E-state index contributed by atoms with van der Waals surface area (Å²) in [5.41, 5.74) is 3.43. The average molecular weight is 317 g/mol. The highest BCUT2D eigenvalue weighted by molar-refractivity contribution is 8.69. The van der Waals surface area contributed by atoms with Crippen molar-refractivity contribution in [2.75, 3.05) is 19.0 Å². The van der Waals surface area contributed by atoms with E-state index >= 15 is 0 Å². The van der Waals surface area contributed by atoms with E-state index < -0.39 is 0 Å². The summed E-state index contributed by atoms with van der Waals surface area (Å²) >= 11 is 4.14. The maximum Gasteiger partial charge on any atom is 0.127 e. The van der Waals surface area contributed by atoms with Gasteiger partial charge in [0.1, 0.15) is 11.5 Å². The molecule has 1 aliphatic heterocycles. The van der Waals surface area contributed by atoms with Crippen LogP contribution in [0.1, 0.15) is 12.5 Å². The number of nitrogens with zero attached hydrogens (tertiary/aromatic N) is 1. The Balaban J connectivity index is 2.12. The summed E-state index contributed by atoms with van der Waals surface area (Å²) in [5.74, 6) is 1.72. The summed E-state index contributed by atoms with van der Waals surface area (Å²) in [5, 5.41) is 1.98. The largest absolute Gasteiger partial charge is 0.462 e. The van der Waals surface area contributed by atoms with Crippen molar-refractivity contribution in [3.8, 4) is 0 Å². The summed E-state index contributed by atoms with van der Waals surface area (Å²) in [6.07, 6.45) is 8.03. The van der Waals surface area contributed by atoms with E-state index in [1.807, 2.05) is 44.7 Å². The van der Waals surface area contributed by atoms with Crippen LogP contribution in [0.2, 0.25) is 0 Å². The zero-order valence-corrected chi connectivity index (χ0v) is 14.1. The number of hydrogen-bond donors (Lipinski definition) is 1. The molecule has 1 aromatic carbocycles. The van der Waals surface area contributed by atoms with Gasteiger partial charge in [-0.3, -0.25) is 0 Å². The van der Waals surface area contributed by atoms with Gasteiger partial charge < -0.3 is 9.64 Å². The van der Waals surface area contributed by atoms with Gasteiger partial charge >= 0.3 is 0 Å². The van der Waals surface area contributed by atoms with E-state index in [1.54, 1.807) is 0 Å². The molecule has 1 heterocycles. The minimum absolute atomic E-state index is 0.834. The number of thiol groups is 1. The molecule has 0 aromatic heterocycles. The number of hydrogen-bond acceptors (Lipinski definition) is 4. The molecule has 0 radical (unpaired) electrons. The molecule has 0 fully saturated rings.